The summed E-state index contributed by atoms with van der Waals surface area (Å²) in [6.07, 6.45) is 4.17. The van der Waals surface area contributed by atoms with Gasteiger partial charge in [-0.1, -0.05) is 6.42 Å². The topological polar surface area (TPSA) is 12.5 Å². The minimum absolute atomic E-state index is 0.705. The van der Waals surface area contributed by atoms with Gasteiger partial charge < -0.3 is 9.64 Å². The van der Waals surface area contributed by atoms with Gasteiger partial charge in [-0.05, 0) is 38.5 Å². The average molecular weight is 197 g/mol. The zero-order valence-electron chi connectivity index (χ0n) is 9.54. The molecule has 3 saturated heterocycles. The predicted octanol–water partition coefficient (Wildman–Crippen LogP) is 2.14. The maximum atomic E-state index is 5.74. The van der Waals surface area contributed by atoms with E-state index >= 15 is 0 Å². The molecule has 0 aromatic heterocycles. The van der Waals surface area contributed by atoms with Gasteiger partial charge in [-0.15, -0.1) is 0 Å². The van der Waals surface area contributed by atoms with Crippen molar-refractivity contribution in [2.75, 3.05) is 26.3 Å². The Morgan fingerprint density at radius 2 is 1.64 bits per heavy atom. The van der Waals surface area contributed by atoms with Gasteiger partial charge in [-0.2, -0.15) is 0 Å². The van der Waals surface area contributed by atoms with Crippen LogP contribution in [0.25, 0.3) is 0 Å². The first-order valence-corrected chi connectivity index (χ1v) is 6.07. The second-order valence-electron chi connectivity index (χ2n) is 5.25. The maximum absolute atomic E-state index is 5.74. The van der Waals surface area contributed by atoms with Crippen LogP contribution in [0.5, 0.6) is 0 Å². The molecule has 0 N–H and O–H groups in total. The highest BCUT2D eigenvalue weighted by Gasteiger charge is 2.26. The highest BCUT2D eigenvalue weighted by atomic mass is 16.5. The van der Waals surface area contributed by atoms with Gasteiger partial charge in [0.2, 0.25) is 0 Å². The largest absolute Gasteiger partial charge is 0.381 e. The van der Waals surface area contributed by atoms with Gasteiger partial charge in [0.05, 0.1) is 13.2 Å². The Morgan fingerprint density at radius 3 is 2.14 bits per heavy atom. The van der Waals surface area contributed by atoms with Crippen molar-refractivity contribution in [1.82, 2.24) is 4.90 Å². The van der Waals surface area contributed by atoms with Gasteiger partial charge in [-0.25, -0.2) is 0 Å². The number of ether oxygens (including phenoxy) is 1. The third-order valence-corrected chi connectivity index (χ3v) is 3.65. The molecule has 2 unspecified atom stereocenters. The smallest absolute Gasteiger partial charge is 0.0506 e. The zero-order valence-corrected chi connectivity index (χ0v) is 9.54. The number of fused-ring (bicyclic) bond motifs is 6. The summed E-state index contributed by atoms with van der Waals surface area (Å²) in [7, 11) is 0. The van der Waals surface area contributed by atoms with Gasteiger partial charge >= 0.3 is 0 Å². The van der Waals surface area contributed by atoms with Gasteiger partial charge in [0.25, 0.3) is 0 Å². The second kappa shape index (κ2) is 4.63. The molecule has 0 radical (unpaired) electrons. The van der Waals surface area contributed by atoms with Crippen LogP contribution >= 0.6 is 0 Å². The summed E-state index contributed by atoms with van der Waals surface area (Å²) in [5.41, 5.74) is 0. The third kappa shape index (κ3) is 2.48. The SMILES string of the molecule is CC(C)N1CC2CCCC(COC2)C1. The summed E-state index contributed by atoms with van der Waals surface area (Å²) in [4.78, 5) is 2.65. The average Bonchev–Trinajstić information content (AvgIpc) is 1.98. The highest BCUT2D eigenvalue weighted by Crippen LogP contribution is 2.25. The Morgan fingerprint density at radius 1 is 1.07 bits per heavy atom. The Balaban J connectivity index is 2.03. The normalized spacial score (nSPS) is 35.4. The molecule has 0 spiro atoms. The van der Waals surface area contributed by atoms with Crippen LogP contribution in [0.2, 0.25) is 0 Å². The standard InChI is InChI=1S/C12H23NO/c1-10(2)13-6-11-4-3-5-12(7-13)9-14-8-11/h10-12H,3-9H2,1-2H3. The quantitative estimate of drug-likeness (QED) is 0.638. The first-order valence-electron chi connectivity index (χ1n) is 6.07. The van der Waals surface area contributed by atoms with Gasteiger partial charge in [0, 0.05) is 19.1 Å². The molecule has 2 atom stereocenters. The Bertz CT molecular complexity index is 157. The van der Waals surface area contributed by atoms with Gasteiger partial charge in [0.1, 0.15) is 0 Å². The fraction of sp³-hybridized carbons (Fsp3) is 1.00. The number of nitrogens with zero attached hydrogens (tertiary/aromatic N) is 1. The molecular formula is C12H23NO. The second-order valence-corrected chi connectivity index (χ2v) is 5.25. The third-order valence-electron chi connectivity index (χ3n) is 3.65. The molecule has 0 saturated carbocycles. The lowest BCUT2D eigenvalue weighted by Crippen LogP contribution is -2.44. The first kappa shape index (κ1) is 10.4. The lowest BCUT2D eigenvalue weighted by Gasteiger charge is -2.38. The minimum Gasteiger partial charge on any atom is -0.381 e. The van der Waals surface area contributed by atoms with Crippen molar-refractivity contribution in [3.05, 3.63) is 0 Å². The maximum Gasteiger partial charge on any atom is 0.0506 e. The Hall–Kier alpha value is -0.0800. The van der Waals surface area contributed by atoms with Gasteiger partial charge in [0.15, 0.2) is 0 Å². The van der Waals surface area contributed by atoms with E-state index in [9.17, 15) is 0 Å². The van der Waals surface area contributed by atoms with Crippen molar-refractivity contribution in [3.63, 3.8) is 0 Å². The molecule has 3 aliphatic heterocycles. The predicted molar refractivity (Wildman–Crippen MR) is 58.4 cm³/mol. The summed E-state index contributed by atoms with van der Waals surface area (Å²) < 4.78 is 5.74. The van der Waals surface area contributed by atoms with E-state index in [1.807, 2.05) is 0 Å². The Kier molecular flexibility index (Phi) is 3.45. The van der Waals surface area contributed by atoms with Crippen molar-refractivity contribution in [2.24, 2.45) is 11.8 Å². The lowest BCUT2D eigenvalue weighted by molar-refractivity contribution is -0.00855. The van der Waals surface area contributed by atoms with Crippen molar-refractivity contribution in [2.45, 2.75) is 39.2 Å². The molecule has 0 aromatic carbocycles. The lowest BCUT2D eigenvalue weighted by atomic mass is 9.91. The minimum atomic E-state index is 0.705. The molecule has 3 fully saturated rings. The van der Waals surface area contributed by atoms with E-state index in [0.29, 0.717) is 6.04 Å². The Labute approximate surface area is 87.6 Å². The van der Waals surface area contributed by atoms with Crippen LogP contribution in [-0.4, -0.2) is 37.2 Å². The first-order chi connectivity index (χ1) is 6.75. The van der Waals surface area contributed by atoms with Crippen molar-refractivity contribution in [3.8, 4) is 0 Å². The molecule has 2 nitrogen and oxygen atoms in total. The highest BCUT2D eigenvalue weighted by molar-refractivity contribution is 4.78. The molecule has 82 valence electrons. The van der Waals surface area contributed by atoms with Crippen LogP contribution < -0.4 is 0 Å². The summed E-state index contributed by atoms with van der Waals surface area (Å²) in [6, 6.07) is 0.705. The fourth-order valence-electron chi connectivity index (χ4n) is 2.71. The number of hydrogen-bond donors (Lipinski definition) is 0. The molecule has 3 heterocycles. The van der Waals surface area contributed by atoms with E-state index in [1.54, 1.807) is 0 Å². The van der Waals surface area contributed by atoms with E-state index in [-0.39, 0.29) is 0 Å². The monoisotopic (exact) mass is 197 g/mol. The van der Waals surface area contributed by atoms with E-state index in [4.69, 9.17) is 4.74 Å². The van der Waals surface area contributed by atoms with Crippen LogP contribution in [0.3, 0.4) is 0 Å². The molecule has 0 aromatic rings. The van der Waals surface area contributed by atoms with Crippen molar-refractivity contribution in [1.29, 1.82) is 0 Å². The molecule has 3 rings (SSSR count). The van der Waals surface area contributed by atoms with Crippen molar-refractivity contribution >= 4 is 0 Å². The summed E-state index contributed by atoms with van der Waals surface area (Å²) in [5, 5.41) is 0. The molecule has 0 aliphatic carbocycles. The van der Waals surface area contributed by atoms with Crippen LogP contribution in [0.15, 0.2) is 0 Å². The van der Waals surface area contributed by atoms with Crippen LogP contribution in [0.1, 0.15) is 33.1 Å². The van der Waals surface area contributed by atoms with E-state index in [2.05, 4.69) is 18.7 Å². The summed E-state index contributed by atoms with van der Waals surface area (Å²) >= 11 is 0. The van der Waals surface area contributed by atoms with Crippen LogP contribution in [-0.2, 0) is 4.74 Å². The zero-order chi connectivity index (χ0) is 9.97. The summed E-state index contributed by atoms with van der Waals surface area (Å²) in [6.45, 7) is 9.15. The molecule has 2 heteroatoms. The summed E-state index contributed by atoms with van der Waals surface area (Å²) in [5.74, 6) is 1.58. The van der Waals surface area contributed by atoms with E-state index < -0.39 is 0 Å². The van der Waals surface area contributed by atoms with Crippen LogP contribution in [0, 0.1) is 11.8 Å². The molecule has 14 heavy (non-hydrogen) atoms. The van der Waals surface area contributed by atoms with Gasteiger partial charge in [-0.3, -0.25) is 0 Å². The van der Waals surface area contributed by atoms with E-state index in [0.717, 1.165) is 25.0 Å². The molecular weight excluding hydrogens is 174 g/mol. The van der Waals surface area contributed by atoms with Crippen molar-refractivity contribution < 1.29 is 4.74 Å². The molecule has 3 aliphatic rings. The van der Waals surface area contributed by atoms with E-state index in [1.165, 1.54) is 32.4 Å². The van der Waals surface area contributed by atoms with Crippen LogP contribution in [0.4, 0.5) is 0 Å². The number of hydrogen-bond acceptors (Lipinski definition) is 2. The number of rotatable bonds is 1. The fourth-order valence-corrected chi connectivity index (χ4v) is 2.71. The molecule has 0 amide bonds. The molecule has 2 bridgehead atoms.